The third-order valence-electron chi connectivity index (χ3n) is 4.12. The molecule has 3 aromatic carbocycles. The highest BCUT2D eigenvalue weighted by Crippen LogP contribution is 2.31. The molecule has 1 aromatic heterocycles. The summed E-state index contributed by atoms with van der Waals surface area (Å²) >= 11 is 1.40. The van der Waals surface area contributed by atoms with Gasteiger partial charge in [-0.1, -0.05) is 66.7 Å². The Hall–Kier alpha value is -3.42. The molecule has 0 saturated heterocycles. The molecule has 0 bridgehead atoms. The first-order valence-corrected chi connectivity index (χ1v) is 8.93. The minimum Gasteiger partial charge on any atom is -0.506 e. The van der Waals surface area contributed by atoms with E-state index in [1.165, 1.54) is 11.3 Å². The molecule has 124 valence electrons. The summed E-state index contributed by atoms with van der Waals surface area (Å²) in [6.07, 6.45) is 0. The molecular weight excluding hydrogens is 340 g/mol. The number of thiazole rings is 1. The number of rotatable bonds is 3. The van der Waals surface area contributed by atoms with Crippen molar-refractivity contribution in [3.63, 3.8) is 0 Å². The van der Waals surface area contributed by atoms with Gasteiger partial charge in [0.25, 0.3) is 0 Å². The number of benzene rings is 3. The number of nitrogens with zero attached hydrogens (tertiary/aromatic N) is 2. The average molecular weight is 354 g/mol. The summed E-state index contributed by atoms with van der Waals surface area (Å²) in [5.41, 5.74) is 3.78. The molecule has 0 aliphatic carbocycles. The van der Waals surface area contributed by atoms with E-state index in [2.05, 4.69) is 11.1 Å². The summed E-state index contributed by atoms with van der Waals surface area (Å²) in [5, 5.41) is 20.7. The standard InChI is InChI=1S/C22H14N2OS/c23-14-18(22-24-19-8-4-5-9-20(19)26-22)21(25)17-12-10-16(11-13-17)15-6-2-1-3-7-15/h1-13,25H. The Morgan fingerprint density at radius 1 is 0.846 bits per heavy atom. The minimum atomic E-state index is -0.0498. The first-order chi connectivity index (χ1) is 12.8. The molecule has 4 rings (SSSR count). The topological polar surface area (TPSA) is 56.9 Å². The Labute approximate surface area is 155 Å². The molecule has 0 aliphatic heterocycles. The van der Waals surface area contributed by atoms with Crippen LogP contribution in [-0.4, -0.2) is 10.1 Å². The van der Waals surface area contributed by atoms with Crippen molar-refractivity contribution < 1.29 is 5.11 Å². The predicted octanol–water partition coefficient (Wildman–Crippen LogP) is 5.91. The normalized spacial score (nSPS) is 11.8. The molecule has 1 N–H and O–H groups in total. The van der Waals surface area contributed by atoms with Gasteiger partial charge in [0.05, 0.1) is 10.2 Å². The summed E-state index contributed by atoms with van der Waals surface area (Å²) in [5.74, 6) is -0.0498. The van der Waals surface area contributed by atoms with Gasteiger partial charge in [0, 0.05) is 5.56 Å². The fourth-order valence-electron chi connectivity index (χ4n) is 2.78. The van der Waals surface area contributed by atoms with Gasteiger partial charge >= 0.3 is 0 Å². The number of hydrogen-bond donors (Lipinski definition) is 1. The van der Waals surface area contributed by atoms with E-state index < -0.39 is 0 Å². The smallest absolute Gasteiger partial charge is 0.143 e. The van der Waals surface area contributed by atoms with Crippen LogP contribution in [0, 0.1) is 11.3 Å². The second-order valence-corrected chi connectivity index (χ2v) is 6.80. The van der Waals surface area contributed by atoms with Gasteiger partial charge in [-0.3, -0.25) is 0 Å². The molecule has 4 aromatic rings. The Morgan fingerprint density at radius 3 is 2.19 bits per heavy atom. The van der Waals surface area contributed by atoms with Crippen molar-refractivity contribution in [2.45, 2.75) is 0 Å². The van der Waals surface area contributed by atoms with Crippen molar-refractivity contribution in [2.24, 2.45) is 0 Å². The van der Waals surface area contributed by atoms with Gasteiger partial charge in [-0.25, -0.2) is 4.98 Å². The molecule has 0 fully saturated rings. The monoisotopic (exact) mass is 354 g/mol. The third-order valence-corrected chi connectivity index (χ3v) is 5.18. The zero-order valence-corrected chi connectivity index (χ0v) is 14.6. The lowest BCUT2D eigenvalue weighted by molar-refractivity contribution is 0.514. The van der Waals surface area contributed by atoms with E-state index in [1.807, 2.05) is 78.9 Å². The maximum Gasteiger partial charge on any atom is 0.143 e. The average Bonchev–Trinajstić information content (AvgIpc) is 3.13. The fourth-order valence-corrected chi connectivity index (χ4v) is 3.74. The molecule has 0 unspecified atom stereocenters. The highest BCUT2D eigenvalue weighted by atomic mass is 32.1. The van der Waals surface area contributed by atoms with Gasteiger partial charge in [0.2, 0.25) is 0 Å². The molecule has 0 spiro atoms. The number of hydrogen-bond acceptors (Lipinski definition) is 4. The fraction of sp³-hybridized carbons (Fsp3) is 0. The van der Waals surface area contributed by atoms with Gasteiger partial charge in [-0.2, -0.15) is 5.26 Å². The van der Waals surface area contributed by atoms with Crippen LogP contribution in [0.2, 0.25) is 0 Å². The summed E-state index contributed by atoms with van der Waals surface area (Å²) in [6, 6.07) is 27.3. The van der Waals surface area contributed by atoms with Crippen molar-refractivity contribution in [3.8, 4) is 17.2 Å². The molecule has 0 radical (unpaired) electrons. The molecule has 0 saturated carbocycles. The molecule has 0 atom stereocenters. The van der Waals surface area contributed by atoms with E-state index >= 15 is 0 Å². The molecule has 3 nitrogen and oxygen atoms in total. The number of aliphatic hydroxyl groups is 1. The van der Waals surface area contributed by atoms with E-state index in [4.69, 9.17) is 0 Å². The Bertz CT molecular complexity index is 1100. The first-order valence-electron chi connectivity index (χ1n) is 8.11. The van der Waals surface area contributed by atoms with Crippen molar-refractivity contribution in [1.29, 1.82) is 5.26 Å². The maximum absolute atomic E-state index is 10.6. The number of allylic oxidation sites excluding steroid dienone is 1. The number of fused-ring (bicyclic) bond motifs is 1. The van der Waals surface area contributed by atoms with Crippen LogP contribution in [0.4, 0.5) is 0 Å². The van der Waals surface area contributed by atoms with E-state index in [0.29, 0.717) is 10.6 Å². The lowest BCUT2D eigenvalue weighted by atomic mass is 10.0. The lowest BCUT2D eigenvalue weighted by Crippen LogP contribution is -1.90. The molecule has 4 heteroatoms. The van der Waals surface area contributed by atoms with Crippen LogP contribution in [0.3, 0.4) is 0 Å². The van der Waals surface area contributed by atoms with Crippen LogP contribution in [0.25, 0.3) is 32.7 Å². The molecule has 26 heavy (non-hydrogen) atoms. The van der Waals surface area contributed by atoms with Crippen LogP contribution in [0.15, 0.2) is 78.9 Å². The summed E-state index contributed by atoms with van der Waals surface area (Å²) in [4.78, 5) is 4.47. The Morgan fingerprint density at radius 2 is 1.50 bits per heavy atom. The second kappa shape index (κ2) is 6.83. The lowest BCUT2D eigenvalue weighted by Gasteiger charge is -2.05. The van der Waals surface area contributed by atoms with Gasteiger partial charge in [0.15, 0.2) is 0 Å². The van der Waals surface area contributed by atoms with Crippen molar-refractivity contribution in [2.75, 3.05) is 0 Å². The molecule has 1 heterocycles. The first kappa shape index (κ1) is 16.1. The van der Waals surface area contributed by atoms with Crippen molar-refractivity contribution in [3.05, 3.63) is 89.4 Å². The SMILES string of the molecule is N#CC(=C(O)c1ccc(-c2ccccc2)cc1)c1nc2ccccc2s1. The second-order valence-electron chi connectivity index (χ2n) is 5.77. The van der Waals surface area contributed by atoms with Crippen LogP contribution >= 0.6 is 11.3 Å². The maximum atomic E-state index is 10.6. The zero-order chi connectivity index (χ0) is 17.9. The Kier molecular flexibility index (Phi) is 4.22. The summed E-state index contributed by atoms with van der Waals surface area (Å²) in [6.45, 7) is 0. The van der Waals surface area contributed by atoms with Crippen LogP contribution in [0.1, 0.15) is 10.6 Å². The van der Waals surface area contributed by atoms with E-state index in [1.54, 1.807) is 0 Å². The quantitative estimate of drug-likeness (QED) is 0.367. The largest absolute Gasteiger partial charge is 0.506 e. The summed E-state index contributed by atoms with van der Waals surface area (Å²) in [7, 11) is 0. The molecular formula is C22H14N2OS. The van der Waals surface area contributed by atoms with Crippen molar-refractivity contribution in [1.82, 2.24) is 4.98 Å². The zero-order valence-electron chi connectivity index (χ0n) is 13.8. The number of nitriles is 1. The van der Waals surface area contributed by atoms with Crippen LogP contribution in [0.5, 0.6) is 0 Å². The van der Waals surface area contributed by atoms with Crippen LogP contribution < -0.4 is 0 Å². The molecule has 0 aliphatic rings. The van der Waals surface area contributed by atoms with Gasteiger partial charge in [0.1, 0.15) is 22.4 Å². The van der Waals surface area contributed by atoms with Gasteiger partial charge in [-0.05, 0) is 23.3 Å². The Balaban J connectivity index is 1.74. The highest BCUT2D eigenvalue weighted by molar-refractivity contribution is 7.19. The van der Waals surface area contributed by atoms with Gasteiger partial charge in [-0.15, -0.1) is 11.3 Å². The minimum absolute atomic E-state index is 0.0498. The van der Waals surface area contributed by atoms with Crippen molar-refractivity contribution >= 4 is 32.9 Å². The van der Waals surface area contributed by atoms with Gasteiger partial charge < -0.3 is 5.11 Å². The highest BCUT2D eigenvalue weighted by Gasteiger charge is 2.15. The number of para-hydroxylation sites is 1. The van der Waals surface area contributed by atoms with E-state index in [0.717, 1.165) is 21.3 Å². The third kappa shape index (κ3) is 2.97. The van der Waals surface area contributed by atoms with E-state index in [-0.39, 0.29) is 11.3 Å². The number of aromatic nitrogens is 1. The number of aliphatic hydroxyl groups excluding tert-OH is 1. The molecule has 0 amide bonds. The summed E-state index contributed by atoms with van der Waals surface area (Å²) < 4.78 is 0.988. The predicted molar refractivity (Wildman–Crippen MR) is 107 cm³/mol. The van der Waals surface area contributed by atoms with Crippen LogP contribution in [-0.2, 0) is 0 Å². The van der Waals surface area contributed by atoms with E-state index in [9.17, 15) is 10.4 Å².